The monoisotopic (exact) mass is 303 g/mol. The fraction of sp³-hybridized carbons (Fsp3) is 0.133. The number of amides is 1. The van der Waals surface area contributed by atoms with Gasteiger partial charge in [-0.05, 0) is 59.1 Å². The van der Waals surface area contributed by atoms with Gasteiger partial charge in [-0.2, -0.15) is 0 Å². The summed E-state index contributed by atoms with van der Waals surface area (Å²) >= 11 is 3.44. The number of hydrogen-bond donors (Lipinski definition) is 1. The average Bonchev–Trinajstić information content (AvgIpc) is 2.34. The zero-order valence-corrected chi connectivity index (χ0v) is 11.9. The van der Waals surface area contributed by atoms with Gasteiger partial charge in [0.25, 0.3) is 5.91 Å². The van der Waals surface area contributed by atoms with Crippen molar-refractivity contribution in [2.45, 2.75) is 13.8 Å². The lowest BCUT2D eigenvalue weighted by atomic mass is 10.1. The summed E-state index contributed by atoms with van der Waals surface area (Å²) in [5.74, 6) is -0.0839. The quantitative estimate of drug-likeness (QED) is 0.879. The zero-order valence-electron chi connectivity index (χ0n) is 10.3. The average molecular weight is 304 g/mol. The summed E-state index contributed by atoms with van der Waals surface area (Å²) in [5.41, 5.74) is 3.58. The molecule has 0 aliphatic carbocycles. The van der Waals surface area contributed by atoms with Crippen molar-refractivity contribution in [1.82, 2.24) is 0 Å². The molecule has 0 fully saturated rings. The fourth-order valence-corrected chi connectivity index (χ4v) is 2.10. The van der Waals surface area contributed by atoms with Crippen LogP contribution < -0.4 is 5.32 Å². The lowest BCUT2D eigenvalue weighted by Gasteiger charge is -2.09. The minimum Gasteiger partial charge on any atom is -0.321 e. The predicted molar refractivity (Wildman–Crippen MR) is 78.0 cm³/mol. The standard InChI is InChI=1S/C15H14BrNO/c1-10-7-8-13(16)14(9-10)17-15(18)12-6-4-3-5-11(12)2/h3-9H,1-2H3,(H,17,18). The molecule has 0 spiro atoms. The maximum absolute atomic E-state index is 12.2. The summed E-state index contributed by atoms with van der Waals surface area (Å²) in [6.07, 6.45) is 0. The van der Waals surface area contributed by atoms with Crippen LogP contribution in [0, 0.1) is 13.8 Å². The molecule has 2 nitrogen and oxygen atoms in total. The second-order valence-electron chi connectivity index (χ2n) is 4.25. The number of hydrogen-bond acceptors (Lipinski definition) is 1. The van der Waals surface area contributed by atoms with Crippen LogP contribution in [0.3, 0.4) is 0 Å². The van der Waals surface area contributed by atoms with Crippen molar-refractivity contribution in [3.63, 3.8) is 0 Å². The molecule has 1 N–H and O–H groups in total. The van der Waals surface area contributed by atoms with Crippen LogP contribution in [0.15, 0.2) is 46.9 Å². The highest BCUT2D eigenvalue weighted by atomic mass is 79.9. The Kier molecular flexibility index (Phi) is 3.82. The topological polar surface area (TPSA) is 29.1 Å². The van der Waals surface area contributed by atoms with Crippen LogP contribution in [-0.4, -0.2) is 5.91 Å². The van der Waals surface area contributed by atoms with Crippen molar-refractivity contribution >= 4 is 27.5 Å². The van der Waals surface area contributed by atoms with Crippen molar-refractivity contribution in [1.29, 1.82) is 0 Å². The number of halogens is 1. The summed E-state index contributed by atoms with van der Waals surface area (Å²) in [5, 5.41) is 2.92. The normalized spacial score (nSPS) is 10.2. The highest BCUT2D eigenvalue weighted by Crippen LogP contribution is 2.24. The maximum atomic E-state index is 12.2. The highest BCUT2D eigenvalue weighted by Gasteiger charge is 2.10. The molecule has 0 saturated carbocycles. The maximum Gasteiger partial charge on any atom is 0.255 e. The first kappa shape index (κ1) is 12.8. The summed E-state index contributed by atoms with van der Waals surface area (Å²) in [6, 6.07) is 13.4. The molecular formula is C15H14BrNO. The van der Waals surface area contributed by atoms with Gasteiger partial charge in [-0.1, -0.05) is 24.3 Å². The van der Waals surface area contributed by atoms with Crippen LogP contribution in [-0.2, 0) is 0 Å². The van der Waals surface area contributed by atoms with Crippen LogP contribution >= 0.6 is 15.9 Å². The smallest absolute Gasteiger partial charge is 0.255 e. The Labute approximate surface area is 115 Å². The summed E-state index contributed by atoms with van der Waals surface area (Å²) in [7, 11) is 0. The van der Waals surface area contributed by atoms with Crippen molar-refractivity contribution < 1.29 is 4.79 Å². The Bertz CT molecular complexity index is 593. The molecule has 0 aromatic heterocycles. The third kappa shape index (κ3) is 2.79. The van der Waals surface area contributed by atoms with Gasteiger partial charge in [-0.25, -0.2) is 0 Å². The molecule has 3 heteroatoms. The first-order valence-electron chi connectivity index (χ1n) is 5.71. The molecule has 0 radical (unpaired) electrons. The Balaban J connectivity index is 2.27. The Morgan fingerprint density at radius 3 is 2.56 bits per heavy atom. The van der Waals surface area contributed by atoms with E-state index in [9.17, 15) is 4.79 Å². The van der Waals surface area contributed by atoms with Gasteiger partial charge >= 0.3 is 0 Å². The van der Waals surface area contributed by atoms with E-state index in [0.29, 0.717) is 5.56 Å². The van der Waals surface area contributed by atoms with E-state index in [1.54, 1.807) is 0 Å². The third-order valence-electron chi connectivity index (χ3n) is 2.76. The highest BCUT2D eigenvalue weighted by molar-refractivity contribution is 9.10. The van der Waals surface area contributed by atoms with Crippen LogP contribution in [0.5, 0.6) is 0 Å². The van der Waals surface area contributed by atoms with Gasteiger partial charge < -0.3 is 5.32 Å². The van der Waals surface area contributed by atoms with Crippen molar-refractivity contribution in [2.24, 2.45) is 0 Å². The molecule has 0 aliphatic heterocycles. The number of anilines is 1. The second kappa shape index (κ2) is 5.36. The molecule has 18 heavy (non-hydrogen) atoms. The number of rotatable bonds is 2. The summed E-state index contributed by atoms with van der Waals surface area (Å²) < 4.78 is 0.884. The van der Waals surface area contributed by atoms with E-state index in [-0.39, 0.29) is 5.91 Å². The second-order valence-corrected chi connectivity index (χ2v) is 5.11. The number of carbonyl (C=O) groups is 1. The van der Waals surface area contributed by atoms with Crippen LogP contribution in [0.2, 0.25) is 0 Å². The third-order valence-corrected chi connectivity index (χ3v) is 3.45. The van der Waals surface area contributed by atoms with Gasteiger partial charge in [-0.3, -0.25) is 4.79 Å². The summed E-state index contributed by atoms with van der Waals surface area (Å²) in [4.78, 5) is 12.2. The van der Waals surface area contributed by atoms with Gasteiger partial charge in [0.1, 0.15) is 0 Å². The van der Waals surface area contributed by atoms with Gasteiger partial charge in [0, 0.05) is 10.0 Å². The lowest BCUT2D eigenvalue weighted by molar-refractivity contribution is 0.102. The van der Waals surface area contributed by atoms with E-state index in [1.165, 1.54) is 0 Å². The number of benzene rings is 2. The largest absolute Gasteiger partial charge is 0.321 e. The number of aryl methyl sites for hydroxylation is 2. The van der Waals surface area contributed by atoms with Gasteiger partial charge in [-0.15, -0.1) is 0 Å². The minimum absolute atomic E-state index is 0.0839. The molecule has 92 valence electrons. The van der Waals surface area contributed by atoms with E-state index < -0.39 is 0 Å². The van der Waals surface area contributed by atoms with E-state index in [4.69, 9.17) is 0 Å². The van der Waals surface area contributed by atoms with Gasteiger partial charge in [0.2, 0.25) is 0 Å². The molecule has 0 atom stereocenters. The molecule has 2 rings (SSSR count). The molecule has 1 amide bonds. The predicted octanol–water partition coefficient (Wildman–Crippen LogP) is 4.32. The van der Waals surface area contributed by atoms with Gasteiger partial charge in [0.05, 0.1) is 5.69 Å². The lowest BCUT2D eigenvalue weighted by Crippen LogP contribution is -2.13. The molecule has 2 aromatic carbocycles. The van der Waals surface area contributed by atoms with E-state index in [1.807, 2.05) is 56.3 Å². The van der Waals surface area contributed by atoms with Crippen molar-refractivity contribution in [2.75, 3.05) is 5.32 Å². The van der Waals surface area contributed by atoms with E-state index in [2.05, 4.69) is 21.2 Å². The minimum atomic E-state index is -0.0839. The van der Waals surface area contributed by atoms with Gasteiger partial charge in [0.15, 0.2) is 0 Å². The SMILES string of the molecule is Cc1ccc(Br)c(NC(=O)c2ccccc2C)c1. The molecule has 0 unspecified atom stereocenters. The molecule has 0 saturated heterocycles. The van der Waals surface area contributed by atoms with Crippen molar-refractivity contribution in [3.8, 4) is 0 Å². The molecule has 0 aliphatic rings. The Morgan fingerprint density at radius 2 is 1.83 bits per heavy atom. The Hall–Kier alpha value is -1.61. The first-order valence-corrected chi connectivity index (χ1v) is 6.50. The van der Waals surface area contributed by atoms with Crippen LogP contribution in [0.25, 0.3) is 0 Å². The molecule has 2 aromatic rings. The number of carbonyl (C=O) groups excluding carboxylic acids is 1. The Morgan fingerprint density at radius 1 is 1.11 bits per heavy atom. The zero-order chi connectivity index (χ0) is 13.1. The first-order chi connectivity index (χ1) is 8.58. The van der Waals surface area contributed by atoms with Crippen LogP contribution in [0.4, 0.5) is 5.69 Å². The molecular weight excluding hydrogens is 290 g/mol. The number of nitrogens with one attached hydrogen (secondary N) is 1. The fourth-order valence-electron chi connectivity index (χ4n) is 1.75. The summed E-state index contributed by atoms with van der Waals surface area (Å²) in [6.45, 7) is 3.93. The van der Waals surface area contributed by atoms with Crippen molar-refractivity contribution in [3.05, 3.63) is 63.6 Å². The van der Waals surface area contributed by atoms with Crippen LogP contribution in [0.1, 0.15) is 21.5 Å². The molecule has 0 bridgehead atoms. The van der Waals surface area contributed by atoms with E-state index >= 15 is 0 Å². The van der Waals surface area contributed by atoms with E-state index in [0.717, 1.165) is 21.3 Å². The molecule has 0 heterocycles.